The van der Waals surface area contributed by atoms with Gasteiger partial charge in [0.15, 0.2) is 0 Å². The molecular formula is C8H12N2O2. The third-order valence-corrected chi connectivity index (χ3v) is 1.10. The number of nitrogens with two attached hydrogens (primary N) is 1. The van der Waals surface area contributed by atoms with Gasteiger partial charge in [0.2, 0.25) is 0 Å². The molecule has 0 unspecified atom stereocenters. The number of rotatable bonds is 1. The van der Waals surface area contributed by atoms with E-state index in [0.29, 0.717) is 5.69 Å². The van der Waals surface area contributed by atoms with Gasteiger partial charge in [-0.1, -0.05) is 13.8 Å². The van der Waals surface area contributed by atoms with Gasteiger partial charge in [-0.05, 0) is 12.1 Å². The van der Waals surface area contributed by atoms with Gasteiger partial charge < -0.3 is 5.73 Å². The molecule has 0 spiro atoms. The van der Waals surface area contributed by atoms with E-state index in [0.717, 1.165) is 0 Å². The molecule has 0 bridgehead atoms. The predicted molar refractivity (Wildman–Crippen MR) is 48.9 cm³/mol. The Morgan fingerprint density at radius 1 is 1.25 bits per heavy atom. The van der Waals surface area contributed by atoms with Gasteiger partial charge in [0.1, 0.15) is 0 Å². The van der Waals surface area contributed by atoms with Crippen molar-refractivity contribution in [1.29, 1.82) is 0 Å². The van der Waals surface area contributed by atoms with Gasteiger partial charge in [-0.3, -0.25) is 10.1 Å². The van der Waals surface area contributed by atoms with E-state index in [-0.39, 0.29) is 5.69 Å². The SMILES string of the molecule is CC.Nc1ccc([N+](=O)[O-])cc1. The lowest BCUT2D eigenvalue weighted by atomic mass is 10.3. The average molecular weight is 168 g/mol. The molecule has 2 N–H and O–H groups in total. The maximum atomic E-state index is 10.1. The molecule has 0 amide bonds. The highest BCUT2D eigenvalue weighted by atomic mass is 16.6. The maximum Gasteiger partial charge on any atom is 0.269 e. The molecule has 0 saturated heterocycles. The summed E-state index contributed by atoms with van der Waals surface area (Å²) in [6, 6.07) is 5.74. The summed E-state index contributed by atoms with van der Waals surface area (Å²) in [5.41, 5.74) is 5.90. The first-order valence-corrected chi connectivity index (χ1v) is 3.70. The van der Waals surface area contributed by atoms with Crippen molar-refractivity contribution in [3.63, 3.8) is 0 Å². The number of hydrogen-bond acceptors (Lipinski definition) is 3. The summed E-state index contributed by atoms with van der Waals surface area (Å²) in [7, 11) is 0. The Hall–Kier alpha value is -1.58. The Kier molecular flexibility index (Phi) is 4.45. The highest BCUT2D eigenvalue weighted by Crippen LogP contribution is 2.11. The van der Waals surface area contributed by atoms with E-state index in [9.17, 15) is 10.1 Å². The molecule has 0 fully saturated rings. The minimum Gasteiger partial charge on any atom is -0.399 e. The van der Waals surface area contributed by atoms with Crippen LogP contribution in [0.2, 0.25) is 0 Å². The molecule has 0 aliphatic heterocycles. The number of anilines is 1. The molecule has 12 heavy (non-hydrogen) atoms. The molecule has 0 heterocycles. The van der Waals surface area contributed by atoms with Gasteiger partial charge in [0.05, 0.1) is 4.92 Å². The number of nitro benzene ring substituents is 1. The quantitative estimate of drug-likeness (QED) is 0.397. The van der Waals surface area contributed by atoms with Crippen molar-refractivity contribution in [3.8, 4) is 0 Å². The third-order valence-electron chi connectivity index (χ3n) is 1.10. The standard InChI is InChI=1S/C6H6N2O2.C2H6/c7-5-1-3-6(4-2-5)8(9)10;1-2/h1-4H,7H2;1-2H3. The van der Waals surface area contributed by atoms with Crippen molar-refractivity contribution in [2.75, 3.05) is 5.73 Å². The van der Waals surface area contributed by atoms with Gasteiger partial charge in [-0.2, -0.15) is 0 Å². The Balaban J connectivity index is 0.000000561. The lowest BCUT2D eigenvalue weighted by Gasteiger charge is -1.90. The van der Waals surface area contributed by atoms with Crippen molar-refractivity contribution in [1.82, 2.24) is 0 Å². The lowest BCUT2D eigenvalue weighted by molar-refractivity contribution is -0.384. The molecule has 0 saturated carbocycles. The highest BCUT2D eigenvalue weighted by molar-refractivity contribution is 5.44. The maximum absolute atomic E-state index is 10.1. The summed E-state index contributed by atoms with van der Waals surface area (Å²) >= 11 is 0. The Labute approximate surface area is 71.2 Å². The number of non-ortho nitro benzene ring substituents is 1. The van der Waals surface area contributed by atoms with Crippen LogP contribution >= 0.6 is 0 Å². The van der Waals surface area contributed by atoms with Crippen molar-refractivity contribution in [3.05, 3.63) is 34.4 Å². The molecule has 1 aromatic carbocycles. The molecule has 0 atom stereocenters. The fourth-order valence-electron chi connectivity index (χ4n) is 0.596. The largest absolute Gasteiger partial charge is 0.399 e. The van der Waals surface area contributed by atoms with Crippen LogP contribution in [0.1, 0.15) is 13.8 Å². The normalized spacial score (nSPS) is 8.17. The Morgan fingerprint density at radius 3 is 2.00 bits per heavy atom. The van der Waals surface area contributed by atoms with Crippen molar-refractivity contribution >= 4 is 11.4 Å². The van der Waals surface area contributed by atoms with Crippen molar-refractivity contribution < 1.29 is 4.92 Å². The van der Waals surface area contributed by atoms with E-state index in [4.69, 9.17) is 5.73 Å². The summed E-state index contributed by atoms with van der Waals surface area (Å²) in [5, 5.41) is 10.1. The van der Waals surface area contributed by atoms with Crippen LogP contribution in [0.4, 0.5) is 11.4 Å². The first-order chi connectivity index (χ1) is 5.70. The van der Waals surface area contributed by atoms with Gasteiger partial charge in [-0.15, -0.1) is 0 Å². The fourth-order valence-corrected chi connectivity index (χ4v) is 0.596. The van der Waals surface area contributed by atoms with E-state index in [1.54, 1.807) is 0 Å². The van der Waals surface area contributed by atoms with Crippen molar-refractivity contribution in [2.24, 2.45) is 0 Å². The van der Waals surface area contributed by atoms with Crippen LogP contribution in [-0.4, -0.2) is 4.92 Å². The number of nitrogen functional groups attached to an aromatic ring is 1. The third kappa shape index (κ3) is 3.01. The summed E-state index contributed by atoms with van der Waals surface area (Å²) in [4.78, 5) is 9.62. The molecule has 0 aliphatic rings. The Bertz CT molecular complexity index is 244. The number of nitro groups is 1. The van der Waals surface area contributed by atoms with Crippen LogP contribution in [0, 0.1) is 10.1 Å². The molecule has 4 heteroatoms. The van der Waals surface area contributed by atoms with Gasteiger partial charge in [0, 0.05) is 17.8 Å². The van der Waals surface area contributed by atoms with Crippen LogP contribution in [0.15, 0.2) is 24.3 Å². The second kappa shape index (κ2) is 5.12. The number of nitrogens with zero attached hydrogens (tertiary/aromatic N) is 1. The van der Waals surface area contributed by atoms with E-state index in [1.807, 2.05) is 13.8 Å². The monoisotopic (exact) mass is 168 g/mol. The van der Waals surface area contributed by atoms with Crippen LogP contribution in [0.25, 0.3) is 0 Å². The zero-order chi connectivity index (χ0) is 9.56. The van der Waals surface area contributed by atoms with Crippen LogP contribution in [0.5, 0.6) is 0 Å². The van der Waals surface area contributed by atoms with Gasteiger partial charge in [0.25, 0.3) is 5.69 Å². The summed E-state index contributed by atoms with van der Waals surface area (Å²) < 4.78 is 0. The predicted octanol–water partition coefficient (Wildman–Crippen LogP) is 2.20. The molecule has 1 rings (SSSR count). The number of hydrogen-bond donors (Lipinski definition) is 1. The minimum absolute atomic E-state index is 0.0641. The second-order valence-corrected chi connectivity index (χ2v) is 1.85. The first kappa shape index (κ1) is 10.4. The van der Waals surface area contributed by atoms with E-state index >= 15 is 0 Å². The fraction of sp³-hybridized carbons (Fsp3) is 0.250. The van der Waals surface area contributed by atoms with E-state index in [2.05, 4.69) is 0 Å². The molecule has 1 aromatic rings. The zero-order valence-corrected chi connectivity index (χ0v) is 7.15. The minimum atomic E-state index is -0.459. The van der Waals surface area contributed by atoms with Gasteiger partial charge in [-0.25, -0.2) is 0 Å². The second-order valence-electron chi connectivity index (χ2n) is 1.85. The van der Waals surface area contributed by atoms with Crippen LogP contribution in [-0.2, 0) is 0 Å². The Morgan fingerprint density at radius 2 is 1.67 bits per heavy atom. The molecular weight excluding hydrogens is 156 g/mol. The average Bonchev–Trinajstić information content (AvgIpc) is 2.09. The molecule has 0 radical (unpaired) electrons. The highest BCUT2D eigenvalue weighted by Gasteiger charge is 2.00. The van der Waals surface area contributed by atoms with E-state index < -0.39 is 4.92 Å². The molecule has 0 aliphatic carbocycles. The summed E-state index contributed by atoms with van der Waals surface area (Å²) in [5.74, 6) is 0. The van der Waals surface area contributed by atoms with E-state index in [1.165, 1.54) is 24.3 Å². The number of benzene rings is 1. The molecule has 4 nitrogen and oxygen atoms in total. The lowest BCUT2D eigenvalue weighted by Crippen LogP contribution is -1.88. The van der Waals surface area contributed by atoms with Crippen LogP contribution < -0.4 is 5.73 Å². The summed E-state index contributed by atoms with van der Waals surface area (Å²) in [6.45, 7) is 4.00. The first-order valence-electron chi connectivity index (χ1n) is 3.70. The molecule has 0 aromatic heterocycles. The van der Waals surface area contributed by atoms with Crippen LogP contribution in [0.3, 0.4) is 0 Å². The smallest absolute Gasteiger partial charge is 0.269 e. The van der Waals surface area contributed by atoms with Crippen molar-refractivity contribution in [2.45, 2.75) is 13.8 Å². The zero-order valence-electron chi connectivity index (χ0n) is 7.15. The summed E-state index contributed by atoms with van der Waals surface area (Å²) in [6.07, 6.45) is 0. The molecule has 66 valence electrons. The van der Waals surface area contributed by atoms with Gasteiger partial charge >= 0.3 is 0 Å². The topological polar surface area (TPSA) is 69.2 Å².